The summed E-state index contributed by atoms with van der Waals surface area (Å²) in [5, 5.41) is 9.66. The summed E-state index contributed by atoms with van der Waals surface area (Å²) in [7, 11) is 0. The first-order valence-electron chi connectivity index (χ1n) is 5.48. The Morgan fingerprint density at radius 1 is 1.25 bits per heavy atom. The van der Waals surface area contributed by atoms with Crippen LogP contribution in [0.3, 0.4) is 0 Å². The first-order chi connectivity index (χ1) is 5.80. The van der Waals surface area contributed by atoms with Gasteiger partial charge in [-0.2, -0.15) is 0 Å². The van der Waals surface area contributed by atoms with Crippen molar-refractivity contribution in [1.29, 1.82) is 0 Å². The molecule has 3 saturated carbocycles. The second kappa shape index (κ2) is 2.25. The fourth-order valence-corrected chi connectivity index (χ4v) is 3.20. The number of rotatable bonds is 2. The minimum atomic E-state index is 0.0569. The lowest BCUT2D eigenvalue weighted by atomic mass is 9.97. The minimum absolute atomic E-state index is 0.0569. The van der Waals surface area contributed by atoms with Crippen molar-refractivity contribution in [2.75, 3.05) is 0 Å². The standard InChI is InChI=1S/C11H18O/c12-10-3-1-2-8(10)6-9-7-11(9)4-5-11/h8-10,12H,1-7H2. The highest BCUT2D eigenvalue weighted by molar-refractivity contribution is 5.12. The molecule has 3 aliphatic rings. The molecular weight excluding hydrogens is 148 g/mol. The van der Waals surface area contributed by atoms with Gasteiger partial charge in [-0.05, 0) is 55.8 Å². The van der Waals surface area contributed by atoms with Crippen molar-refractivity contribution in [3.8, 4) is 0 Å². The van der Waals surface area contributed by atoms with Gasteiger partial charge in [0.2, 0.25) is 0 Å². The van der Waals surface area contributed by atoms with Crippen LogP contribution >= 0.6 is 0 Å². The van der Waals surface area contributed by atoms with Gasteiger partial charge in [0.05, 0.1) is 6.10 Å². The average Bonchev–Trinajstić information content (AvgIpc) is 2.91. The molecule has 0 heterocycles. The van der Waals surface area contributed by atoms with E-state index in [2.05, 4.69) is 0 Å². The molecule has 3 fully saturated rings. The molecule has 0 aromatic heterocycles. The normalized spacial score (nSPS) is 48.2. The molecule has 0 amide bonds. The maximum absolute atomic E-state index is 9.66. The van der Waals surface area contributed by atoms with Crippen LogP contribution in [0.4, 0.5) is 0 Å². The van der Waals surface area contributed by atoms with E-state index < -0.39 is 0 Å². The van der Waals surface area contributed by atoms with Crippen molar-refractivity contribution in [3.63, 3.8) is 0 Å². The molecule has 0 aliphatic heterocycles. The number of aliphatic hydroxyl groups is 1. The second-order valence-electron chi connectivity index (χ2n) is 5.26. The van der Waals surface area contributed by atoms with Gasteiger partial charge in [-0.15, -0.1) is 0 Å². The first kappa shape index (κ1) is 7.37. The zero-order valence-corrected chi connectivity index (χ0v) is 7.63. The monoisotopic (exact) mass is 166 g/mol. The summed E-state index contributed by atoms with van der Waals surface area (Å²) < 4.78 is 0. The highest BCUT2D eigenvalue weighted by atomic mass is 16.3. The molecule has 0 radical (unpaired) electrons. The zero-order valence-electron chi connectivity index (χ0n) is 7.63. The molecule has 0 aromatic rings. The Morgan fingerprint density at radius 2 is 2.08 bits per heavy atom. The Labute approximate surface area is 74.2 Å². The van der Waals surface area contributed by atoms with Gasteiger partial charge in [0.15, 0.2) is 0 Å². The minimum Gasteiger partial charge on any atom is -0.393 e. The molecule has 0 aromatic carbocycles. The van der Waals surface area contributed by atoms with Crippen molar-refractivity contribution in [3.05, 3.63) is 0 Å². The fourth-order valence-electron chi connectivity index (χ4n) is 3.20. The summed E-state index contributed by atoms with van der Waals surface area (Å²) in [6.45, 7) is 0. The largest absolute Gasteiger partial charge is 0.393 e. The maximum Gasteiger partial charge on any atom is 0.0568 e. The third-order valence-corrected chi connectivity index (χ3v) is 4.46. The Morgan fingerprint density at radius 3 is 2.58 bits per heavy atom. The smallest absolute Gasteiger partial charge is 0.0568 e. The third kappa shape index (κ3) is 1.02. The van der Waals surface area contributed by atoms with Crippen LogP contribution in [0.25, 0.3) is 0 Å². The summed E-state index contributed by atoms with van der Waals surface area (Å²) in [5.41, 5.74) is 0.850. The van der Waals surface area contributed by atoms with Gasteiger partial charge in [-0.25, -0.2) is 0 Å². The predicted molar refractivity (Wildman–Crippen MR) is 47.7 cm³/mol. The van der Waals surface area contributed by atoms with E-state index in [0.29, 0.717) is 5.92 Å². The Balaban J connectivity index is 1.55. The highest BCUT2D eigenvalue weighted by Crippen LogP contribution is 2.72. The van der Waals surface area contributed by atoms with E-state index in [-0.39, 0.29) is 6.10 Å². The molecular formula is C11H18O. The summed E-state index contributed by atoms with van der Waals surface area (Å²) >= 11 is 0. The molecule has 1 nitrogen and oxygen atoms in total. The summed E-state index contributed by atoms with van der Waals surface area (Å²) in [4.78, 5) is 0. The van der Waals surface area contributed by atoms with Gasteiger partial charge < -0.3 is 5.11 Å². The number of aliphatic hydroxyl groups excluding tert-OH is 1. The van der Waals surface area contributed by atoms with Gasteiger partial charge in [0.25, 0.3) is 0 Å². The SMILES string of the molecule is OC1CCCC1CC1CC12CC2. The Bertz CT molecular complexity index is 195. The summed E-state index contributed by atoms with van der Waals surface area (Å²) in [6, 6.07) is 0. The first-order valence-corrected chi connectivity index (χ1v) is 5.48. The maximum atomic E-state index is 9.66. The molecule has 68 valence electrons. The number of hydrogen-bond donors (Lipinski definition) is 1. The van der Waals surface area contributed by atoms with E-state index in [0.717, 1.165) is 17.8 Å². The lowest BCUT2D eigenvalue weighted by Gasteiger charge is -2.13. The van der Waals surface area contributed by atoms with Crippen LogP contribution in [-0.2, 0) is 0 Å². The van der Waals surface area contributed by atoms with Crippen LogP contribution in [0.15, 0.2) is 0 Å². The van der Waals surface area contributed by atoms with E-state index in [4.69, 9.17) is 0 Å². The third-order valence-electron chi connectivity index (χ3n) is 4.46. The van der Waals surface area contributed by atoms with Crippen LogP contribution < -0.4 is 0 Å². The van der Waals surface area contributed by atoms with Crippen LogP contribution in [0.2, 0.25) is 0 Å². The molecule has 12 heavy (non-hydrogen) atoms. The lowest BCUT2D eigenvalue weighted by Crippen LogP contribution is -2.13. The van der Waals surface area contributed by atoms with Crippen molar-refractivity contribution < 1.29 is 5.11 Å². The van der Waals surface area contributed by atoms with Gasteiger partial charge in [-0.1, -0.05) is 6.42 Å². The summed E-state index contributed by atoms with van der Waals surface area (Å²) in [5.74, 6) is 1.70. The molecule has 3 atom stereocenters. The molecule has 1 N–H and O–H groups in total. The Kier molecular flexibility index (Phi) is 1.39. The molecule has 0 bridgehead atoms. The predicted octanol–water partition coefficient (Wildman–Crippen LogP) is 2.34. The Hall–Kier alpha value is -0.0400. The molecule has 3 aliphatic carbocycles. The van der Waals surface area contributed by atoms with Gasteiger partial charge in [0.1, 0.15) is 0 Å². The molecule has 1 spiro atoms. The van der Waals surface area contributed by atoms with Crippen molar-refractivity contribution >= 4 is 0 Å². The van der Waals surface area contributed by atoms with Crippen LogP contribution in [0.5, 0.6) is 0 Å². The van der Waals surface area contributed by atoms with Gasteiger partial charge >= 0.3 is 0 Å². The molecule has 0 saturated heterocycles. The van der Waals surface area contributed by atoms with E-state index in [9.17, 15) is 5.11 Å². The van der Waals surface area contributed by atoms with E-state index in [1.165, 1.54) is 38.5 Å². The summed E-state index contributed by atoms with van der Waals surface area (Å²) in [6.07, 6.45) is 9.54. The van der Waals surface area contributed by atoms with E-state index in [1.807, 2.05) is 0 Å². The van der Waals surface area contributed by atoms with Crippen LogP contribution in [0.1, 0.15) is 44.9 Å². The topological polar surface area (TPSA) is 20.2 Å². The van der Waals surface area contributed by atoms with Crippen LogP contribution in [0, 0.1) is 17.3 Å². The lowest BCUT2D eigenvalue weighted by molar-refractivity contribution is 0.123. The quantitative estimate of drug-likeness (QED) is 0.667. The van der Waals surface area contributed by atoms with Gasteiger partial charge in [0, 0.05) is 0 Å². The highest BCUT2D eigenvalue weighted by Gasteiger charge is 2.62. The van der Waals surface area contributed by atoms with E-state index >= 15 is 0 Å². The van der Waals surface area contributed by atoms with Gasteiger partial charge in [-0.3, -0.25) is 0 Å². The molecule has 3 rings (SSSR count). The van der Waals surface area contributed by atoms with Crippen molar-refractivity contribution in [2.24, 2.45) is 17.3 Å². The van der Waals surface area contributed by atoms with E-state index in [1.54, 1.807) is 0 Å². The molecule has 1 heteroatoms. The fraction of sp³-hybridized carbons (Fsp3) is 1.00. The number of hydrogen-bond acceptors (Lipinski definition) is 1. The van der Waals surface area contributed by atoms with Crippen LogP contribution in [-0.4, -0.2) is 11.2 Å². The second-order valence-corrected chi connectivity index (χ2v) is 5.26. The average molecular weight is 166 g/mol. The molecule has 3 unspecified atom stereocenters. The zero-order chi connectivity index (χ0) is 8.18. The van der Waals surface area contributed by atoms with Crippen molar-refractivity contribution in [1.82, 2.24) is 0 Å². The van der Waals surface area contributed by atoms with Crippen molar-refractivity contribution in [2.45, 2.75) is 51.0 Å².